The summed E-state index contributed by atoms with van der Waals surface area (Å²) < 4.78 is 0. The molecule has 4 heteroatoms. The molecule has 118 valence electrons. The fourth-order valence-electron chi connectivity index (χ4n) is 3.35. The highest BCUT2D eigenvalue weighted by atomic mass is 35.5. The van der Waals surface area contributed by atoms with Crippen LogP contribution in [-0.4, -0.2) is 29.1 Å². The molecule has 1 aliphatic heterocycles. The van der Waals surface area contributed by atoms with Crippen LogP contribution < -0.4 is 0 Å². The molecule has 1 heterocycles. The Hall–Kier alpha value is -0.280. The third-order valence-corrected chi connectivity index (χ3v) is 5.58. The van der Waals surface area contributed by atoms with Crippen molar-refractivity contribution in [3.8, 4) is 0 Å². The van der Waals surface area contributed by atoms with E-state index in [1.54, 1.807) is 6.07 Å². The van der Waals surface area contributed by atoms with E-state index in [1.165, 1.54) is 6.42 Å². The number of hydrogen-bond donors (Lipinski definition) is 1. The number of rotatable bonds is 4. The van der Waals surface area contributed by atoms with Crippen molar-refractivity contribution in [3.63, 3.8) is 0 Å². The lowest BCUT2D eigenvalue weighted by atomic mass is 9.86. The van der Waals surface area contributed by atoms with Crippen molar-refractivity contribution in [2.45, 2.75) is 45.8 Å². The summed E-state index contributed by atoms with van der Waals surface area (Å²) in [6, 6.07) is 6.00. The van der Waals surface area contributed by atoms with Crippen molar-refractivity contribution in [2.75, 3.05) is 13.1 Å². The molecule has 1 N–H and O–H groups in total. The highest BCUT2D eigenvalue weighted by molar-refractivity contribution is 6.42. The first kappa shape index (κ1) is 17.1. The minimum absolute atomic E-state index is 0.472. The maximum Gasteiger partial charge on any atom is 0.0817 e. The van der Waals surface area contributed by atoms with E-state index in [1.807, 2.05) is 12.1 Å². The Balaban J connectivity index is 1.97. The number of aliphatic hydroxyl groups is 1. The second-order valence-corrected chi connectivity index (χ2v) is 7.29. The molecule has 2 rings (SSSR count). The normalized spacial score (nSPS) is 28.6. The zero-order chi connectivity index (χ0) is 15.6. The van der Waals surface area contributed by atoms with Gasteiger partial charge in [-0.3, -0.25) is 0 Å². The Labute approximate surface area is 138 Å². The monoisotopic (exact) mass is 329 g/mol. The predicted molar refractivity (Wildman–Crippen MR) is 90.0 cm³/mol. The molecule has 1 aliphatic rings. The number of hydrogen-bond acceptors (Lipinski definition) is 2. The number of aliphatic hydroxyl groups excluding tert-OH is 1. The van der Waals surface area contributed by atoms with Crippen LogP contribution in [0.4, 0.5) is 0 Å². The van der Waals surface area contributed by atoms with Gasteiger partial charge in [-0.25, -0.2) is 0 Å². The van der Waals surface area contributed by atoms with Crippen molar-refractivity contribution in [1.29, 1.82) is 0 Å². The van der Waals surface area contributed by atoms with E-state index in [0.29, 0.717) is 28.4 Å². The van der Waals surface area contributed by atoms with Crippen molar-refractivity contribution in [2.24, 2.45) is 11.8 Å². The van der Waals surface area contributed by atoms with Crippen molar-refractivity contribution < 1.29 is 5.11 Å². The zero-order valence-corrected chi connectivity index (χ0v) is 14.5. The van der Waals surface area contributed by atoms with Gasteiger partial charge in [-0.2, -0.15) is 0 Å². The van der Waals surface area contributed by atoms with E-state index in [-0.39, 0.29) is 0 Å². The molecule has 1 aromatic rings. The lowest BCUT2D eigenvalue weighted by Gasteiger charge is -2.41. The van der Waals surface area contributed by atoms with Crippen molar-refractivity contribution in [3.05, 3.63) is 33.8 Å². The fourth-order valence-corrected chi connectivity index (χ4v) is 3.78. The van der Waals surface area contributed by atoms with Crippen LogP contribution in [0.1, 0.15) is 45.3 Å². The molecule has 21 heavy (non-hydrogen) atoms. The predicted octanol–water partition coefficient (Wildman–Crippen LogP) is 4.78. The minimum atomic E-state index is -0.559. The first-order valence-corrected chi connectivity index (χ1v) is 8.51. The Morgan fingerprint density at radius 3 is 2.71 bits per heavy atom. The Morgan fingerprint density at radius 1 is 1.29 bits per heavy atom. The van der Waals surface area contributed by atoms with Crippen molar-refractivity contribution in [1.82, 2.24) is 4.90 Å². The summed E-state index contributed by atoms with van der Waals surface area (Å²) in [4.78, 5) is 2.49. The molecule has 0 bridgehead atoms. The molecule has 0 aromatic heterocycles. The van der Waals surface area contributed by atoms with Crippen LogP contribution in [0.3, 0.4) is 0 Å². The third kappa shape index (κ3) is 4.13. The molecular formula is C17H25Cl2NO. The molecule has 1 saturated heterocycles. The van der Waals surface area contributed by atoms with Crippen LogP contribution in [0.2, 0.25) is 10.0 Å². The minimum Gasteiger partial charge on any atom is -0.388 e. The average Bonchev–Trinajstić information content (AvgIpc) is 2.43. The van der Waals surface area contributed by atoms with E-state index in [2.05, 4.69) is 25.7 Å². The molecule has 0 spiro atoms. The van der Waals surface area contributed by atoms with Gasteiger partial charge in [0.05, 0.1) is 16.1 Å². The average molecular weight is 330 g/mol. The number of benzene rings is 1. The van der Waals surface area contributed by atoms with E-state index >= 15 is 0 Å². The van der Waals surface area contributed by atoms with Gasteiger partial charge in [-0.15, -0.1) is 0 Å². The van der Waals surface area contributed by atoms with Gasteiger partial charge in [0.15, 0.2) is 0 Å². The van der Waals surface area contributed by atoms with Crippen LogP contribution >= 0.6 is 23.2 Å². The van der Waals surface area contributed by atoms with Crippen molar-refractivity contribution >= 4 is 23.2 Å². The highest BCUT2D eigenvalue weighted by Crippen LogP contribution is 2.32. The number of nitrogens with zero attached hydrogens (tertiary/aromatic N) is 1. The summed E-state index contributed by atoms with van der Waals surface area (Å²) in [7, 11) is 0. The topological polar surface area (TPSA) is 23.5 Å². The molecule has 1 aromatic carbocycles. The Kier molecular flexibility index (Phi) is 5.96. The zero-order valence-electron chi connectivity index (χ0n) is 13.0. The molecule has 0 amide bonds. The maximum absolute atomic E-state index is 10.4. The molecule has 1 fully saturated rings. The van der Waals surface area contributed by atoms with E-state index in [9.17, 15) is 5.11 Å². The molecule has 4 atom stereocenters. The Morgan fingerprint density at radius 2 is 2.00 bits per heavy atom. The summed E-state index contributed by atoms with van der Waals surface area (Å²) in [6.45, 7) is 8.91. The quantitative estimate of drug-likeness (QED) is 0.858. The number of piperidine rings is 1. The summed E-state index contributed by atoms with van der Waals surface area (Å²) >= 11 is 12.2. The van der Waals surface area contributed by atoms with Gasteiger partial charge in [0.25, 0.3) is 0 Å². The van der Waals surface area contributed by atoms with Gasteiger partial charge in [0.2, 0.25) is 0 Å². The van der Waals surface area contributed by atoms with Gasteiger partial charge >= 0.3 is 0 Å². The molecule has 0 saturated carbocycles. The van der Waals surface area contributed by atoms with Gasteiger partial charge in [-0.1, -0.05) is 49.2 Å². The van der Waals surface area contributed by atoms with Gasteiger partial charge in [0.1, 0.15) is 0 Å². The first-order chi connectivity index (χ1) is 9.90. The maximum atomic E-state index is 10.4. The molecule has 0 radical (unpaired) electrons. The van der Waals surface area contributed by atoms with E-state index in [0.717, 1.165) is 24.6 Å². The second kappa shape index (κ2) is 7.32. The summed E-state index contributed by atoms with van der Waals surface area (Å²) in [5, 5.41) is 11.4. The van der Waals surface area contributed by atoms with Crippen LogP contribution in [0, 0.1) is 11.8 Å². The first-order valence-electron chi connectivity index (χ1n) is 7.76. The van der Waals surface area contributed by atoms with Crippen LogP contribution in [0.25, 0.3) is 0 Å². The molecule has 0 aliphatic carbocycles. The number of likely N-dealkylation sites (tertiary alicyclic amines) is 1. The summed E-state index contributed by atoms with van der Waals surface area (Å²) in [5.41, 5.74) is 0.731. The molecule has 4 unspecified atom stereocenters. The molecule has 2 nitrogen and oxygen atoms in total. The fraction of sp³-hybridized carbons (Fsp3) is 0.647. The van der Waals surface area contributed by atoms with Gasteiger partial charge in [0, 0.05) is 24.7 Å². The third-order valence-electron chi connectivity index (χ3n) is 4.75. The second-order valence-electron chi connectivity index (χ2n) is 6.50. The lowest BCUT2D eigenvalue weighted by Crippen LogP contribution is -2.46. The van der Waals surface area contributed by atoms with Crippen LogP contribution in [0.5, 0.6) is 0 Å². The van der Waals surface area contributed by atoms with Gasteiger partial charge in [-0.05, 0) is 37.7 Å². The lowest BCUT2D eigenvalue weighted by molar-refractivity contribution is 0.0599. The largest absolute Gasteiger partial charge is 0.388 e. The standard InChI is InChI=1S/C17H25Cl2NO/c1-11-9-12(2)13(3)20(10-11)8-7-16(21)14-5-4-6-15(18)17(14)19/h4-6,11-13,16,21H,7-10H2,1-3H3. The highest BCUT2D eigenvalue weighted by Gasteiger charge is 2.29. The summed E-state index contributed by atoms with van der Waals surface area (Å²) in [6.07, 6.45) is 1.42. The number of halogens is 2. The van der Waals surface area contributed by atoms with Crippen LogP contribution in [0.15, 0.2) is 18.2 Å². The van der Waals surface area contributed by atoms with Gasteiger partial charge < -0.3 is 10.0 Å². The SMILES string of the molecule is CC1CC(C)C(C)N(CCC(O)c2cccc(Cl)c2Cl)C1. The van der Waals surface area contributed by atoms with E-state index < -0.39 is 6.10 Å². The van der Waals surface area contributed by atoms with Crippen LogP contribution in [-0.2, 0) is 0 Å². The van der Waals surface area contributed by atoms with E-state index in [4.69, 9.17) is 23.2 Å². The smallest absolute Gasteiger partial charge is 0.0817 e. The Bertz CT molecular complexity index is 480. The molecular weight excluding hydrogens is 305 g/mol. The summed E-state index contributed by atoms with van der Waals surface area (Å²) in [5.74, 6) is 1.43.